The molecule has 0 amide bonds. The third kappa shape index (κ3) is 2.13. The van der Waals surface area contributed by atoms with Gasteiger partial charge in [-0.3, -0.25) is 4.79 Å². The zero-order valence-corrected chi connectivity index (χ0v) is 13.9. The summed E-state index contributed by atoms with van der Waals surface area (Å²) < 4.78 is 3.86. The van der Waals surface area contributed by atoms with Crippen molar-refractivity contribution in [1.82, 2.24) is 4.57 Å². The van der Waals surface area contributed by atoms with Gasteiger partial charge < -0.3 is 0 Å². The minimum atomic E-state index is 0.133. The average molecular weight is 325 g/mol. The summed E-state index contributed by atoms with van der Waals surface area (Å²) in [5.41, 5.74) is 0.794. The molecule has 5 rings (SSSR count). The highest BCUT2D eigenvalue weighted by molar-refractivity contribution is 6.26. The van der Waals surface area contributed by atoms with E-state index in [1.165, 1.54) is 26.9 Å². The SMILES string of the molecule is C[n+]1ccn(CC(=O)c2ccc3ccc4cccc5ccc2c3c45)c1. The van der Waals surface area contributed by atoms with Crippen LogP contribution in [0.25, 0.3) is 32.3 Å². The first kappa shape index (κ1) is 14.2. The molecule has 3 nitrogen and oxygen atoms in total. The average Bonchev–Trinajstić information content (AvgIpc) is 3.04. The monoisotopic (exact) mass is 325 g/mol. The Morgan fingerprint density at radius 3 is 2.32 bits per heavy atom. The number of carbonyl (C=O) groups is 1. The van der Waals surface area contributed by atoms with Gasteiger partial charge in [-0.05, 0) is 32.3 Å². The number of imidazole rings is 1. The molecule has 0 atom stereocenters. The summed E-state index contributed by atoms with van der Waals surface area (Å²) in [5, 5.41) is 7.11. The van der Waals surface area contributed by atoms with E-state index >= 15 is 0 Å². The molecule has 0 unspecified atom stereocenters. The number of Topliss-reactive ketones (excluding diaryl/α,β-unsaturated/α-hetero) is 1. The summed E-state index contributed by atoms with van der Waals surface area (Å²) in [6.07, 6.45) is 5.79. The Morgan fingerprint density at radius 2 is 1.60 bits per heavy atom. The van der Waals surface area contributed by atoms with Crippen molar-refractivity contribution >= 4 is 38.1 Å². The van der Waals surface area contributed by atoms with Gasteiger partial charge in [0, 0.05) is 5.56 Å². The number of ketones is 1. The summed E-state index contributed by atoms with van der Waals surface area (Å²) >= 11 is 0. The van der Waals surface area contributed by atoms with Crippen LogP contribution in [-0.2, 0) is 13.6 Å². The number of nitrogens with zero attached hydrogens (tertiary/aromatic N) is 2. The normalized spacial score (nSPS) is 11.7. The molecule has 4 aromatic carbocycles. The second-order valence-electron chi connectivity index (χ2n) is 6.64. The zero-order valence-electron chi connectivity index (χ0n) is 13.9. The summed E-state index contributed by atoms with van der Waals surface area (Å²) in [6.45, 7) is 0.352. The third-order valence-corrected chi connectivity index (χ3v) is 4.98. The summed E-state index contributed by atoms with van der Waals surface area (Å²) in [4.78, 5) is 12.9. The van der Waals surface area contributed by atoms with Gasteiger partial charge in [0.1, 0.15) is 12.4 Å². The molecule has 0 spiro atoms. The standard InChI is InChI=1S/C22H17N2O/c1-23-11-12-24(14-23)13-20(25)18-9-7-17-6-5-15-3-2-4-16-8-10-19(18)22(17)21(15)16/h2-12,14H,13H2,1H3/q+1. The fourth-order valence-electron chi connectivity index (χ4n) is 3.82. The van der Waals surface area contributed by atoms with Crippen LogP contribution in [0.1, 0.15) is 10.4 Å². The molecular formula is C22H17N2O+. The molecule has 0 aliphatic rings. The van der Waals surface area contributed by atoms with E-state index in [2.05, 4.69) is 48.5 Å². The minimum Gasteiger partial charge on any atom is -0.290 e. The highest BCUT2D eigenvalue weighted by Gasteiger charge is 2.17. The fraction of sp³-hybridized carbons (Fsp3) is 0.0909. The maximum atomic E-state index is 12.9. The third-order valence-electron chi connectivity index (χ3n) is 4.98. The quantitative estimate of drug-likeness (QED) is 0.279. The van der Waals surface area contributed by atoms with Gasteiger partial charge in [0.2, 0.25) is 12.1 Å². The van der Waals surface area contributed by atoms with E-state index in [-0.39, 0.29) is 5.78 Å². The van der Waals surface area contributed by atoms with Crippen LogP contribution in [0, 0.1) is 0 Å². The summed E-state index contributed by atoms with van der Waals surface area (Å²) in [7, 11) is 1.96. The number of rotatable bonds is 3. The van der Waals surface area contributed by atoms with E-state index < -0.39 is 0 Å². The first-order chi connectivity index (χ1) is 12.2. The molecule has 0 radical (unpaired) electrons. The first-order valence-corrected chi connectivity index (χ1v) is 8.41. The van der Waals surface area contributed by atoms with Crippen molar-refractivity contribution < 1.29 is 9.36 Å². The lowest BCUT2D eigenvalue weighted by molar-refractivity contribution is -0.671. The van der Waals surface area contributed by atoms with Crippen LogP contribution in [0.4, 0.5) is 0 Å². The van der Waals surface area contributed by atoms with Crippen molar-refractivity contribution in [2.24, 2.45) is 7.05 Å². The Labute approximate surface area is 145 Å². The molecule has 0 saturated carbocycles. The van der Waals surface area contributed by atoms with Crippen molar-refractivity contribution in [2.45, 2.75) is 6.54 Å². The van der Waals surface area contributed by atoms with Crippen molar-refractivity contribution in [3.8, 4) is 0 Å². The zero-order chi connectivity index (χ0) is 17.0. The first-order valence-electron chi connectivity index (χ1n) is 8.41. The molecule has 0 aliphatic heterocycles. The molecule has 0 bridgehead atoms. The van der Waals surface area contributed by atoms with Gasteiger partial charge in [-0.2, -0.15) is 0 Å². The molecule has 0 saturated heterocycles. The van der Waals surface area contributed by atoms with Crippen LogP contribution >= 0.6 is 0 Å². The van der Waals surface area contributed by atoms with E-state index in [4.69, 9.17) is 0 Å². The van der Waals surface area contributed by atoms with Crippen LogP contribution in [0.15, 0.2) is 73.3 Å². The van der Waals surface area contributed by atoms with E-state index in [1.54, 1.807) is 0 Å². The molecule has 0 aliphatic carbocycles. The van der Waals surface area contributed by atoms with Gasteiger partial charge in [0.05, 0.1) is 7.05 Å². The molecule has 0 fully saturated rings. The van der Waals surface area contributed by atoms with E-state index in [1.807, 2.05) is 41.0 Å². The molecular weight excluding hydrogens is 308 g/mol. The molecule has 120 valence electrons. The van der Waals surface area contributed by atoms with Crippen molar-refractivity contribution in [3.05, 3.63) is 78.9 Å². The lowest BCUT2D eigenvalue weighted by Crippen LogP contribution is -2.24. The van der Waals surface area contributed by atoms with Gasteiger partial charge in [-0.1, -0.05) is 54.6 Å². The van der Waals surface area contributed by atoms with Crippen molar-refractivity contribution in [1.29, 1.82) is 0 Å². The molecule has 0 N–H and O–H groups in total. The van der Waals surface area contributed by atoms with Crippen molar-refractivity contribution in [3.63, 3.8) is 0 Å². The predicted molar refractivity (Wildman–Crippen MR) is 100 cm³/mol. The number of aromatic nitrogens is 2. The minimum absolute atomic E-state index is 0.133. The van der Waals surface area contributed by atoms with Crippen LogP contribution in [-0.4, -0.2) is 10.4 Å². The number of hydrogen-bond acceptors (Lipinski definition) is 1. The summed E-state index contributed by atoms with van der Waals surface area (Å²) in [6, 6.07) is 18.9. The Hall–Kier alpha value is -3.20. The van der Waals surface area contributed by atoms with Gasteiger partial charge in [-0.15, -0.1) is 0 Å². The van der Waals surface area contributed by atoms with Gasteiger partial charge in [0.15, 0.2) is 6.54 Å². The van der Waals surface area contributed by atoms with Crippen LogP contribution < -0.4 is 4.57 Å². The van der Waals surface area contributed by atoms with Crippen LogP contribution in [0.2, 0.25) is 0 Å². The highest BCUT2D eigenvalue weighted by Crippen LogP contribution is 2.36. The second kappa shape index (κ2) is 5.15. The molecule has 25 heavy (non-hydrogen) atoms. The molecule has 5 aromatic rings. The van der Waals surface area contributed by atoms with Gasteiger partial charge in [0.25, 0.3) is 0 Å². The summed E-state index contributed by atoms with van der Waals surface area (Å²) in [5.74, 6) is 0.133. The number of hydrogen-bond donors (Lipinski definition) is 0. The number of carbonyl (C=O) groups excluding carboxylic acids is 1. The Morgan fingerprint density at radius 1 is 0.920 bits per heavy atom. The molecule has 3 heteroatoms. The van der Waals surface area contributed by atoms with E-state index in [0.29, 0.717) is 6.54 Å². The fourth-order valence-corrected chi connectivity index (χ4v) is 3.82. The predicted octanol–water partition coefficient (Wildman–Crippen LogP) is 4.09. The Kier molecular flexibility index (Phi) is 2.92. The van der Waals surface area contributed by atoms with E-state index in [9.17, 15) is 4.79 Å². The Balaban J connectivity index is 1.74. The van der Waals surface area contributed by atoms with E-state index in [0.717, 1.165) is 10.9 Å². The lowest BCUT2D eigenvalue weighted by Gasteiger charge is -2.13. The number of aryl methyl sites for hydroxylation is 1. The second-order valence-corrected chi connectivity index (χ2v) is 6.64. The largest absolute Gasteiger partial charge is 0.290 e. The van der Waals surface area contributed by atoms with Crippen LogP contribution in [0.3, 0.4) is 0 Å². The van der Waals surface area contributed by atoms with Crippen molar-refractivity contribution in [2.75, 3.05) is 0 Å². The smallest absolute Gasteiger partial charge is 0.243 e. The van der Waals surface area contributed by atoms with Crippen LogP contribution in [0.5, 0.6) is 0 Å². The molecule has 1 heterocycles. The maximum Gasteiger partial charge on any atom is 0.243 e. The highest BCUT2D eigenvalue weighted by atomic mass is 16.1. The Bertz CT molecular complexity index is 1230. The molecule has 1 aromatic heterocycles. The lowest BCUT2D eigenvalue weighted by atomic mass is 9.91. The van der Waals surface area contributed by atoms with Gasteiger partial charge in [-0.25, -0.2) is 9.13 Å². The number of benzene rings is 4. The topological polar surface area (TPSA) is 25.9 Å². The maximum absolute atomic E-state index is 12.9. The van der Waals surface area contributed by atoms with Gasteiger partial charge >= 0.3 is 0 Å².